The lowest BCUT2D eigenvalue weighted by molar-refractivity contribution is 0.615. The summed E-state index contributed by atoms with van der Waals surface area (Å²) < 4.78 is 18.4. The molecule has 0 radical (unpaired) electrons. The number of hydrogen-bond donors (Lipinski definition) is 1. The highest BCUT2D eigenvalue weighted by Crippen LogP contribution is 2.29. The molecular weight excluding hydrogens is 255 g/mol. The van der Waals surface area contributed by atoms with Crippen molar-refractivity contribution in [3.05, 3.63) is 53.8 Å². The summed E-state index contributed by atoms with van der Waals surface area (Å²) in [6.45, 7) is 0. The lowest BCUT2D eigenvalue weighted by atomic mass is 10.2. The van der Waals surface area contributed by atoms with E-state index in [1.807, 2.05) is 6.07 Å². The summed E-state index contributed by atoms with van der Waals surface area (Å²) in [4.78, 5) is 3.97. The predicted octanol–water partition coefficient (Wildman–Crippen LogP) is 4.36. The van der Waals surface area contributed by atoms with Crippen LogP contribution in [0.3, 0.4) is 0 Å². The van der Waals surface area contributed by atoms with Crippen molar-refractivity contribution in [1.29, 1.82) is 0 Å². The van der Waals surface area contributed by atoms with E-state index >= 15 is 0 Å². The van der Waals surface area contributed by atoms with Crippen LogP contribution < -0.4 is 5.32 Å². The summed E-state index contributed by atoms with van der Waals surface area (Å²) >= 11 is 5.72. The topological polar surface area (TPSA) is 38.1 Å². The van der Waals surface area contributed by atoms with Gasteiger partial charge in [-0.25, -0.2) is 4.39 Å². The van der Waals surface area contributed by atoms with Crippen molar-refractivity contribution in [2.24, 2.45) is 0 Å². The Morgan fingerprint density at radius 2 is 2.17 bits per heavy atom. The van der Waals surface area contributed by atoms with Crippen LogP contribution in [-0.4, -0.2) is 4.98 Å². The second-order valence-electron chi connectivity index (χ2n) is 3.78. The summed E-state index contributed by atoms with van der Waals surface area (Å²) in [7, 11) is 0. The molecule has 0 aliphatic carbocycles. The Bertz CT molecular complexity index is 711. The molecule has 18 heavy (non-hydrogen) atoms. The Morgan fingerprint density at radius 3 is 3.00 bits per heavy atom. The van der Waals surface area contributed by atoms with E-state index in [0.29, 0.717) is 11.3 Å². The molecule has 0 atom stereocenters. The van der Waals surface area contributed by atoms with Gasteiger partial charge >= 0.3 is 0 Å². The van der Waals surface area contributed by atoms with Crippen molar-refractivity contribution in [1.82, 2.24) is 4.98 Å². The van der Waals surface area contributed by atoms with Gasteiger partial charge in [0.1, 0.15) is 12.1 Å². The summed E-state index contributed by atoms with van der Waals surface area (Å²) in [5.74, 6) is -0.441. The molecule has 0 unspecified atom stereocenters. The molecule has 3 aromatic rings. The zero-order chi connectivity index (χ0) is 12.5. The van der Waals surface area contributed by atoms with Crippen molar-refractivity contribution >= 4 is 33.9 Å². The van der Waals surface area contributed by atoms with Gasteiger partial charge < -0.3 is 9.73 Å². The van der Waals surface area contributed by atoms with Crippen molar-refractivity contribution in [3.8, 4) is 0 Å². The maximum atomic E-state index is 13.0. The molecule has 90 valence electrons. The Kier molecular flexibility index (Phi) is 2.64. The van der Waals surface area contributed by atoms with Crippen molar-refractivity contribution in [2.75, 3.05) is 5.32 Å². The fraction of sp³-hybridized carbons (Fsp3) is 0. The first-order valence-electron chi connectivity index (χ1n) is 5.27. The Hall–Kier alpha value is -2.07. The van der Waals surface area contributed by atoms with E-state index in [4.69, 9.17) is 16.0 Å². The van der Waals surface area contributed by atoms with Crippen LogP contribution >= 0.6 is 11.6 Å². The third-order valence-electron chi connectivity index (χ3n) is 2.58. The van der Waals surface area contributed by atoms with E-state index in [9.17, 15) is 4.39 Å². The summed E-state index contributed by atoms with van der Waals surface area (Å²) in [6, 6.07) is 6.29. The summed E-state index contributed by atoms with van der Waals surface area (Å²) in [6.07, 6.45) is 4.91. The molecule has 0 aliphatic heterocycles. The third-order valence-corrected chi connectivity index (χ3v) is 2.87. The van der Waals surface area contributed by atoms with E-state index in [1.165, 1.54) is 12.1 Å². The largest absolute Gasteiger partial charge is 0.460 e. The fourth-order valence-electron chi connectivity index (χ4n) is 1.71. The predicted molar refractivity (Wildman–Crippen MR) is 68.7 cm³/mol. The molecule has 0 bridgehead atoms. The van der Waals surface area contributed by atoms with Gasteiger partial charge in [0, 0.05) is 17.3 Å². The molecule has 0 aliphatic rings. The fourth-order valence-corrected chi connectivity index (χ4v) is 1.89. The minimum Gasteiger partial charge on any atom is -0.460 e. The zero-order valence-corrected chi connectivity index (χ0v) is 9.91. The lowest BCUT2D eigenvalue weighted by Crippen LogP contribution is -1.89. The van der Waals surface area contributed by atoms with Gasteiger partial charge in [0.25, 0.3) is 0 Å². The maximum absolute atomic E-state index is 13.0. The lowest BCUT2D eigenvalue weighted by Gasteiger charge is -2.04. The molecule has 1 aromatic carbocycles. The molecule has 0 amide bonds. The van der Waals surface area contributed by atoms with Gasteiger partial charge in [0.2, 0.25) is 0 Å². The van der Waals surface area contributed by atoms with E-state index in [-0.39, 0.29) is 5.02 Å². The van der Waals surface area contributed by atoms with Gasteiger partial charge in [-0.05, 0) is 24.3 Å². The number of fused-ring (bicyclic) bond motifs is 1. The Morgan fingerprint density at radius 1 is 1.28 bits per heavy atom. The molecule has 2 heterocycles. The number of nitrogens with zero attached hydrogens (tertiary/aromatic N) is 1. The molecule has 1 N–H and O–H groups in total. The monoisotopic (exact) mass is 262 g/mol. The van der Waals surface area contributed by atoms with E-state index in [0.717, 1.165) is 11.1 Å². The van der Waals surface area contributed by atoms with Crippen LogP contribution in [-0.2, 0) is 0 Å². The third kappa shape index (κ3) is 1.91. The number of anilines is 2. The van der Waals surface area contributed by atoms with Crippen LogP contribution in [0.5, 0.6) is 0 Å². The van der Waals surface area contributed by atoms with Crippen LogP contribution in [0.15, 0.2) is 47.3 Å². The number of benzene rings is 1. The maximum Gasteiger partial charge on any atom is 0.154 e. The van der Waals surface area contributed by atoms with Crippen LogP contribution in [0.25, 0.3) is 11.0 Å². The average molecular weight is 263 g/mol. The van der Waals surface area contributed by atoms with Crippen molar-refractivity contribution in [3.63, 3.8) is 0 Å². The number of rotatable bonds is 2. The number of hydrogen-bond acceptors (Lipinski definition) is 3. The highest BCUT2D eigenvalue weighted by molar-refractivity contribution is 6.31. The van der Waals surface area contributed by atoms with Gasteiger partial charge in [0.15, 0.2) is 5.58 Å². The van der Waals surface area contributed by atoms with E-state index in [2.05, 4.69) is 10.3 Å². The molecule has 0 fully saturated rings. The normalized spacial score (nSPS) is 10.8. The molecule has 5 heteroatoms. The summed E-state index contributed by atoms with van der Waals surface area (Å²) in [5.41, 5.74) is 2.17. The first kappa shape index (κ1) is 11.0. The standard InChI is InChI=1S/C13H8ClFN2O/c14-10-5-8(1-2-11(10)15)17-12-7-18-13-6-16-4-3-9(12)13/h1-7,17H. The number of nitrogens with one attached hydrogen (secondary N) is 1. The van der Waals surface area contributed by atoms with Gasteiger partial charge in [-0.1, -0.05) is 11.6 Å². The van der Waals surface area contributed by atoms with Gasteiger partial charge in [0.05, 0.1) is 16.9 Å². The number of furan rings is 1. The first-order valence-corrected chi connectivity index (χ1v) is 5.65. The van der Waals surface area contributed by atoms with Crippen LogP contribution in [0.2, 0.25) is 5.02 Å². The van der Waals surface area contributed by atoms with Crippen LogP contribution in [0, 0.1) is 5.82 Å². The van der Waals surface area contributed by atoms with Gasteiger partial charge in [-0.15, -0.1) is 0 Å². The minimum absolute atomic E-state index is 0.0782. The molecular formula is C13H8ClFN2O. The molecule has 3 nitrogen and oxygen atoms in total. The average Bonchev–Trinajstić information content (AvgIpc) is 2.78. The van der Waals surface area contributed by atoms with Gasteiger partial charge in [-0.2, -0.15) is 0 Å². The van der Waals surface area contributed by atoms with Crippen molar-refractivity contribution in [2.45, 2.75) is 0 Å². The van der Waals surface area contributed by atoms with Gasteiger partial charge in [-0.3, -0.25) is 4.98 Å². The second kappa shape index (κ2) is 4.31. The smallest absolute Gasteiger partial charge is 0.154 e. The SMILES string of the molecule is Fc1ccc(Nc2coc3cnccc23)cc1Cl. The highest BCUT2D eigenvalue weighted by atomic mass is 35.5. The number of halogens is 2. The van der Waals surface area contributed by atoms with E-state index in [1.54, 1.807) is 24.7 Å². The molecule has 3 rings (SSSR count). The number of aromatic nitrogens is 1. The van der Waals surface area contributed by atoms with Crippen LogP contribution in [0.4, 0.5) is 15.8 Å². The first-order chi connectivity index (χ1) is 8.74. The zero-order valence-electron chi connectivity index (χ0n) is 9.15. The molecule has 2 aromatic heterocycles. The molecule has 0 saturated carbocycles. The number of pyridine rings is 1. The highest BCUT2D eigenvalue weighted by Gasteiger charge is 2.07. The Labute approximate surface area is 107 Å². The summed E-state index contributed by atoms with van der Waals surface area (Å²) in [5, 5.41) is 4.11. The van der Waals surface area contributed by atoms with Crippen LogP contribution in [0.1, 0.15) is 0 Å². The molecule has 0 spiro atoms. The second-order valence-corrected chi connectivity index (χ2v) is 4.18. The minimum atomic E-state index is -0.441. The Balaban J connectivity index is 1.98. The molecule has 0 saturated heterocycles. The van der Waals surface area contributed by atoms with E-state index < -0.39 is 5.82 Å². The quantitative estimate of drug-likeness (QED) is 0.745. The van der Waals surface area contributed by atoms with Crippen molar-refractivity contribution < 1.29 is 8.81 Å².